The minimum Gasteiger partial charge on any atom is -0.507 e. The SMILES string of the molecule is CCCCOc1ccc(C(O)=C2C(=O)C(=O)N(c3nnc(SCc4ccc(C)cc4)s3)C2c2cccc(F)c2)cc1. The van der Waals surface area contributed by atoms with Gasteiger partial charge >= 0.3 is 5.91 Å². The van der Waals surface area contributed by atoms with Crippen LogP contribution in [0.2, 0.25) is 0 Å². The average Bonchev–Trinajstić information content (AvgIpc) is 3.55. The molecule has 10 heteroatoms. The number of carbonyl (C=O) groups excluding carboxylic acids is 2. The molecule has 4 aromatic rings. The molecule has 1 fully saturated rings. The number of aliphatic hydroxyl groups excluding tert-OH is 1. The summed E-state index contributed by atoms with van der Waals surface area (Å²) < 4.78 is 20.7. The van der Waals surface area contributed by atoms with Gasteiger partial charge in [0.15, 0.2) is 4.34 Å². The van der Waals surface area contributed by atoms with Crippen molar-refractivity contribution < 1.29 is 23.8 Å². The van der Waals surface area contributed by atoms with E-state index in [0.717, 1.165) is 29.7 Å². The predicted molar refractivity (Wildman–Crippen MR) is 159 cm³/mol. The molecule has 2 heterocycles. The number of amides is 1. The van der Waals surface area contributed by atoms with E-state index in [9.17, 15) is 19.1 Å². The number of benzene rings is 3. The summed E-state index contributed by atoms with van der Waals surface area (Å²) in [7, 11) is 0. The van der Waals surface area contributed by atoms with E-state index in [1.165, 1.54) is 40.4 Å². The molecule has 1 unspecified atom stereocenters. The number of carbonyl (C=O) groups is 2. The first-order valence-electron chi connectivity index (χ1n) is 13.2. The number of hydrogen-bond acceptors (Lipinski definition) is 8. The van der Waals surface area contributed by atoms with E-state index in [-0.39, 0.29) is 16.5 Å². The van der Waals surface area contributed by atoms with Crippen LogP contribution in [0.3, 0.4) is 0 Å². The maximum Gasteiger partial charge on any atom is 0.301 e. The maximum atomic E-state index is 14.3. The zero-order valence-electron chi connectivity index (χ0n) is 22.5. The Bertz CT molecular complexity index is 1590. The summed E-state index contributed by atoms with van der Waals surface area (Å²) >= 11 is 2.62. The molecular weight excluding hydrogens is 561 g/mol. The molecule has 7 nitrogen and oxygen atoms in total. The van der Waals surface area contributed by atoms with Gasteiger partial charge in [0.2, 0.25) is 5.13 Å². The van der Waals surface area contributed by atoms with E-state index >= 15 is 0 Å². The molecule has 0 saturated carbocycles. The molecule has 1 saturated heterocycles. The molecule has 210 valence electrons. The highest BCUT2D eigenvalue weighted by atomic mass is 32.2. The summed E-state index contributed by atoms with van der Waals surface area (Å²) in [5, 5.41) is 19.9. The van der Waals surface area contributed by atoms with Gasteiger partial charge in [0.1, 0.15) is 17.3 Å². The highest BCUT2D eigenvalue weighted by Gasteiger charge is 2.48. The van der Waals surface area contributed by atoms with Crippen molar-refractivity contribution in [2.24, 2.45) is 0 Å². The lowest BCUT2D eigenvalue weighted by Crippen LogP contribution is -2.29. The zero-order valence-corrected chi connectivity index (χ0v) is 24.2. The van der Waals surface area contributed by atoms with Gasteiger partial charge in [-0.2, -0.15) is 0 Å². The number of thioether (sulfide) groups is 1. The fourth-order valence-electron chi connectivity index (χ4n) is 4.41. The molecule has 5 rings (SSSR count). The number of ether oxygens (including phenoxy) is 1. The lowest BCUT2D eigenvalue weighted by molar-refractivity contribution is -0.132. The Labute approximate surface area is 245 Å². The van der Waals surface area contributed by atoms with Crippen LogP contribution in [0.5, 0.6) is 5.75 Å². The van der Waals surface area contributed by atoms with Crippen LogP contribution in [0, 0.1) is 12.7 Å². The lowest BCUT2D eigenvalue weighted by Gasteiger charge is -2.22. The first-order valence-corrected chi connectivity index (χ1v) is 15.0. The van der Waals surface area contributed by atoms with Crippen LogP contribution in [-0.2, 0) is 15.3 Å². The summed E-state index contributed by atoms with van der Waals surface area (Å²) in [6.07, 6.45) is 1.91. The molecule has 0 spiro atoms. The first kappa shape index (κ1) is 28.5. The molecule has 41 heavy (non-hydrogen) atoms. The Morgan fingerprint density at radius 3 is 2.54 bits per heavy atom. The van der Waals surface area contributed by atoms with Crippen LogP contribution in [0.1, 0.15) is 48.1 Å². The van der Waals surface area contributed by atoms with Crippen molar-refractivity contribution in [3.05, 3.63) is 106 Å². The van der Waals surface area contributed by atoms with Gasteiger partial charge in [-0.25, -0.2) is 4.39 Å². The second-order valence-corrected chi connectivity index (χ2v) is 11.8. The van der Waals surface area contributed by atoms with Crippen LogP contribution in [0.15, 0.2) is 82.7 Å². The monoisotopic (exact) mass is 589 g/mol. The second kappa shape index (κ2) is 12.7. The summed E-state index contributed by atoms with van der Waals surface area (Å²) in [5.74, 6) is -1.37. The molecule has 1 aromatic heterocycles. The maximum absolute atomic E-state index is 14.3. The van der Waals surface area contributed by atoms with Crippen LogP contribution in [-0.4, -0.2) is 33.6 Å². The molecular formula is C31H28FN3O4S2. The fraction of sp³-hybridized carbons (Fsp3) is 0.226. The van der Waals surface area contributed by atoms with E-state index in [2.05, 4.69) is 17.1 Å². The summed E-state index contributed by atoms with van der Waals surface area (Å²) in [4.78, 5) is 28.0. The quantitative estimate of drug-likeness (QED) is 0.0528. The predicted octanol–water partition coefficient (Wildman–Crippen LogP) is 7.08. The van der Waals surface area contributed by atoms with E-state index in [4.69, 9.17) is 4.74 Å². The van der Waals surface area contributed by atoms with Gasteiger partial charge in [-0.05, 0) is 60.9 Å². The number of Topliss-reactive ketones (excluding diaryl/α,β-unsaturated/α-hetero) is 1. The van der Waals surface area contributed by atoms with Gasteiger partial charge in [-0.1, -0.05) is 78.4 Å². The lowest BCUT2D eigenvalue weighted by atomic mass is 9.95. The number of hydrogen-bond donors (Lipinski definition) is 1. The number of anilines is 1. The third kappa shape index (κ3) is 6.34. The van der Waals surface area contributed by atoms with Crippen LogP contribution < -0.4 is 9.64 Å². The normalized spacial score (nSPS) is 16.4. The molecule has 0 aliphatic carbocycles. The van der Waals surface area contributed by atoms with Crippen molar-refractivity contribution in [3.63, 3.8) is 0 Å². The minimum atomic E-state index is -1.09. The molecule has 0 bridgehead atoms. The molecule has 1 aliphatic heterocycles. The van der Waals surface area contributed by atoms with Crippen molar-refractivity contribution in [2.45, 2.75) is 42.8 Å². The summed E-state index contributed by atoms with van der Waals surface area (Å²) in [6, 6.07) is 19.3. The largest absolute Gasteiger partial charge is 0.507 e. The van der Waals surface area contributed by atoms with Gasteiger partial charge < -0.3 is 9.84 Å². The summed E-state index contributed by atoms with van der Waals surface area (Å²) in [5.41, 5.74) is 2.79. The third-order valence-corrected chi connectivity index (χ3v) is 8.72. The highest BCUT2D eigenvalue weighted by molar-refractivity contribution is 8.00. The summed E-state index contributed by atoms with van der Waals surface area (Å²) in [6.45, 7) is 4.66. The zero-order chi connectivity index (χ0) is 28.9. The molecule has 1 N–H and O–H groups in total. The van der Waals surface area contributed by atoms with Gasteiger partial charge in [-0.3, -0.25) is 14.5 Å². The minimum absolute atomic E-state index is 0.149. The number of nitrogens with zero attached hydrogens (tertiary/aromatic N) is 3. The number of aryl methyl sites for hydroxylation is 1. The highest BCUT2D eigenvalue weighted by Crippen LogP contribution is 2.44. The van der Waals surface area contributed by atoms with Crippen molar-refractivity contribution in [2.75, 3.05) is 11.5 Å². The molecule has 1 amide bonds. The van der Waals surface area contributed by atoms with Crippen molar-refractivity contribution >= 4 is 45.7 Å². The molecule has 0 radical (unpaired) electrons. The Kier molecular flexibility index (Phi) is 8.80. The number of halogens is 1. The number of aromatic nitrogens is 2. The number of rotatable bonds is 10. The van der Waals surface area contributed by atoms with Gasteiger partial charge in [0.25, 0.3) is 5.78 Å². The van der Waals surface area contributed by atoms with Gasteiger partial charge in [-0.15, -0.1) is 10.2 Å². The number of ketones is 1. The standard InChI is InChI=1S/C31H28FN3O4S2/c1-3-4-16-39-24-14-12-21(13-15-24)27(36)25-26(22-6-5-7-23(32)17-22)35(29(38)28(25)37)30-33-34-31(41-30)40-18-20-10-8-19(2)9-11-20/h5-15,17,26,36H,3-4,16,18H2,1-2H3. The van der Waals surface area contributed by atoms with Crippen LogP contribution >= 0.6 is 23.1 Å². The van der Waals surface area contributed by atoms with E-state index in [1.807, 2.05) is 31.2 Å². The second-order valence-electron chi connectivity index (χ2n) is 9.58. The van der Waals surface area contributed by atoms with Crippen molar-refractivity contribution in [3.8, 4) is 5.75 Å². The average molecular weight is 590 g/mol. The van der Waals surface area contributed by atoms with Gasteiger partial charge in [0.05, 0.1) is 18.2 Å². The van der Waals surface area contributed by atoms with Crippen LogP contribution in [0.25, 0.3) is 5.76 Å². The topological polar surface area (TPSA) is 92.6 Å². The Morgan fingerprint density at radius 1 is 1.07 bits per heavy atom. The Balaban J connectivity index is 1.48. The van der Waals surface area contributed by atoms with Crippen molar-refractivity contribution in [1.29, 1.82) is 0 Å². The number of unbranched alkanes of at least 4 members (excludes halogenated alkanes) is 1. The van der Waals surface area contributed by atoms with E-state index in [0.29, 0.717) is 33.6 Å². The number of aliphatic hydroxyl groups is 1. The molecule has 3 aromatic carbocycles. The van der Waals surface area contributed by atoms with E-state index in [1.54, 1.807) is 30.3 Å². The Morgan fingerprint density at radius 2 is 1.83 bits per heavy atom. The van der Waals surface area contributed by atoms with Gasteiger partial charge in [0, 0.05) is 11.3 Å². The molecule has 1 atom stereocenters. The Hall–Kier alpha value is -4.02. The third-order valence-electron chi connectivity index (χ3n) is 6.59. The van der Waals surface area contributed by atoms with E-state index < -0.39 is 23.5 Å². The van der Waals surface area contributed by atoms with Crippen LogP contribution in [0.4, 0.5) is 9.52 Å². The molecule has 1 aliphatic rings. The first-order chi connectivity index (χ1) is 19.9. The van der Waals surface area contributed by atoms with Crippen molar-refractivity contribution in [1.82, 2.24) is 10.2 Å². The fourth-order valence-corrected chi connectivity index (χ4v) is 6.23. The smallest absolute Gasteiger partial charge is 0.301 e.